The van der Waals surface area contributed by atoms with Crippen molar-refractivity contribution in [2.75, 3.05) is 26.4 Å². The maximum Gasteiger partial charge on any atom is 0.334 e. The zero-order chi connectivity index (χ0) is 22.1. The standard InChI is InChI=1S/C20H30O9/c1-3-5-7-15(13-17(21)22)19(25)28-11-9-27-10-12-29-20(26)16(8-6-4-2)14-18(23)24/h13-14H,3-12H2,1-2H3,(H,21,22)(H,23,24)/b15-13-,16-14-. The highest BCUT2D eigenvalue weighted by atomic mass is 16.6. The second-order valence-electron chi connectivity index (χ2n) is 6.11. The van der Waals surface area contributed by atoms with Gasteiger partial charge in [0.1, 0.15) is 13.2 Å². The van der Waals surface area contributed by atoms with Gasteiger partial charge in [-0.1, -0.05) is 26.7 Å². The van der Waals surface area contributed by atoms with Gasteiger partial charge in [0.05, 0.1) is 13.2 Å². The van der Waals surface area contributed by atoms with Crippen LogP contribution in [0.15, 0.2) is 23.3 Å². The minimum atomic E-state index is -1.21. The molecule has 0 aliphatic rings. The van der Waals surface area contributed by atoms with E-state index in [2.05, 4.69) is 0 Å². The third kappa shape index (κ3) is 14.0. The van der Waals surface area contributed by atoms with Crippen LogP contribution in [0, 0.1) is 0 Å². The van der Waals surface area contributed by atoms with Crippen molar-refractivity contribution in [3.8, 4) is 0 Å². The highest BCUT2D eigenvalue weighted by Gasteiger charge is 2.14. The molecule has 29 heavy (non-hydrogen) atoms. The molecule has 0 amide bonds. The molecule has 0 saturated heterocycles. The summed E-state index contributed by atoms with van der Waals surface area (Å²) in [4.78, 5) is 45.3. The van der Waals surface area contributed by atoms with Crippen molar-refractivity contribution >= 4 is 23.9 Å². The molecule has 9 heteroatoms. The minimum Gasteiger partial charge on any atom is -0.478 e. The van der Waals surface area contributed by atoms with Crippen molar-refractivity contribution in [2.24, 2.45) is 0 Å². The van der Waals surface area contributed by atoms with E-state index in [4.69, 9.17) is 24.4 Å². The Morgan fingerprint density at radius 2 is 1.07 bits per heavy atom. The Kier molecular flexibility index (Phi) is 14.8. The zero-order valence-electron chi connectivity index (χ0n) is 17.0. The number of carbonyl (C=O) groups excluding carboxylic acids is 2. The fraction of sp³-hybridized carbons (Fsp3) is 0.600. The van der Waals surface area contributed by atoms with Crippen molar-refractivity contribution < 1.29 is 43.6 Å². The molecule has 0 aromatic heterocycles. The number of hydrogen-bond donors (Lipinski definition) is 2. The summed E-state index contributed by atoms with van der Waals surface area (Å²) in [5.41, 5.74) is 0.191. The van der Waals surface area contributed by atoms with E-state index < -0.39 is 23.9 Å². The largest absolute Gasteiger partial charge is 0.478 e. The molecule has 2 N–H and O–H groups in total. The maximum absolute atomic E-state index is 11.9. The molecule has 0 spiro atoms. The van der Waals surface area contributed by atoms with Gasteiger partial charge in [0, 0.05) is 23.3 Å². The van der Waals surface area contributed by atoms with Crippen LogP contribution < -0.4 is 0 Å². The lowest BCUT2D eigenvalue weighted by molar-refractivity contribution is -0.143. The first-order chi connectivity index (χ1) is 13.8. The van der Waals surface area contributed by atoms with E-state index in [1.807, 2.05) is 13.8 Å². The van der Waals surface area contributed by atoms with Crippen molar-refractivity contribution in [2.45, 2.75) is 52.4 Å². The Morgan fingerprint density at radius 3 is 1.38 bits per heavy atom. The lowest BCUT2D eigenvalue weighted by atomic mass is 10.1. The predicted octanol–water partition coefficient (Wildman–Crippen LogP) is 2.49. The van der Waals surface area contributed by atoms with Crippen molar-refractivity contribution in [3.63, 3.8) is 0 Å². The molecular formula is C20H30O9. The number of ether oxygens (including phenoxy) is 3. The average molecular weight is 414 g/mol. The Bertz CT molecular complexity index is 553. The summed E-state index contributed by atoms with van der Waals surface area (Å²) in [5, 5.41) is 17.6. The van der Waals surface area contributed by atoms with Crippen LogP contribution in [0.5, 0.6) is 0 Å². The highest BCUT2D eigenvalue weighted by Crippen LogP contribution is 2.10. The molecular weight excluding hydrogens is 384 g/mol. The topological polar surface area (TPSA) is 136 Å². The summed E-state index contributed by atoms with van der Waals surface area (Å²) in [6.45, 7) is 3.80. The number of carbonyl (C=O) groups is 4. The first-order valence-corrected chi connectivity index (χ1v) is 9.60. The molecule has 0 bridgehead atoms. The number of rotatable bonds is 16. The van der Waals surface area contributed by atoms with Gasteiger partial charge in [-0.15, -0.1) is 0 Å². The monoisotopic (exact) mass is 414 g/mol. The normalized spacial score (nSPS) is 11.8. The number of aliphatic carboxylic acids is 2. The Hall–Kier alpha value is -2.68. The van der Waals surface area contributed by atoms with E-state index >= 15 is 0 Å². The van der Waals surface area contributed by atoms with Gasteiger partial charge >= 0.3 is 23.9 Å². The lowest BCUT2D eigenvalue weighted by Crippen LogP contribution is -2.17. The van der Waals surface area contributed by atoms with Crippen LogP contribution in [-0.2, 0) is 33.4 Å². The minimum absolute atomic E-state index is 0.0467. The van der Waals surface area contributed by atoms with Gasteiger partial charge in [-0.25, -0.2) is 19.2 Å². The van der Waals surface area contributed by atoms with Crippen LogP contribution in [0.1, 0.15) is 52.4 Å². The fourth-order valence-electron chi connectivity index (χ4n) is 2.17. The molecule has 0 aromatic carbocycles. The maximum atomic E-state index is 11.9. The summed E-state index contributed by atoms with van der Waals surface area (Å²) in [6, 6.07) is 0. The van der Waals surface area contributed by atoms with Crippen molar-refractivity contribution in [1.82, 2.24) is 0 Å². The second kappa shape index (κ2) is 16.3. The molecule has 0 aliphatic heterocycles. The average Bonchev–Trinajstić information content (AvgIpc) is 2.66. The van der Waals surface area contributed by atoms with Gasteiger partial charge in [-0.05, 0) is 25.7 Å². The molecule has 0 atom stereocenters. The molecule has 0 rings (SSSR count). The highest BCUT2D eigenvalue weighted by molar-refractivity contribution is 5.96. The van der Waals surface area contributed by atoms with E-state index in [0.29, 0.717) is 25.7 Å². The molecule has 0 radical (unpaired) electrons. The van der Waals surface area contributed by atoms with Crippen molar-refractivity contribution in [1.29, 1.82) is 0 Å². The first kappa shape index (κ1) is 26.3. The van der Waals surface area contributed by atoms with Crippen LogP contribution in [-0.4, -0.2) is 60.5 Å². The second-order valence-corrected chi connectivity index (χ2v) is 6.11. The molecule has 0 heterocycles. The lowest BCUT2D eigenvalue weighted by Gasteiger charge is -2.09. The molecule has 0 aromatic rings. The van der Waals surface area contributed by atoms with E-state index in [1.165, 1.54) is 0 Å². The summed E-state index contributed by atoms with van der Waals surface area (Å²) in [6.07, 6.45) is 5.31. The van der Waals surface area contributed by atoms with Crippen LogP contribution in [0.3, 0.4) is 0 Å². The number of hydrogen-bond acceptors (Lipinski definition) is 7. The van der Waals surface area contributed by atoms with Gasteiger partial charge in [0.2, 0.25) is 0 Å². The molecule has 0 fully saturated rings. The summed E-state index contributed by atoms with van der Waals surface area (Å²) in [7, 11) is 0. The van der Waals surface area contributed by atoms with E-state index in [0.717, 1.165) is 25.0 Å². The third-order valence-electron chi connectivity index (χ3n) is 3.64. The smallest absolute Gasteiger partial charge is 0.334 e. The Balaban J connectivity index is 4.17. The molecule has 0 unspecified atom stereocenters. The molecule has 9 nitrogen and oxygen atoms in total. The third-order valence-corrected chi connectivity index (χ3v) is 3.64. The number of carboxylic acids is 2. The van der Waals surface area contributed by atoms with E-state index in [-0.39, 0.29) is 37.6 Å². The number of unbranched alkanes of at least 4 members (excludes halogenated alkanes) is 2. The molecule has 0 aliphatic carbocycles. The van der Waals surface area contributed by atoms with Crippen LogP contribution in [0.25, 0.3) is 0 Å². The number of carboxylic acid groups (broad SMARTS) is 2. The van der Waals surface area contributed by atoms with Crippen LogP contribution in [0.4, 0.5) is 0 Å². The van der Waals surface area contributed by atoms with Gasteiger partial charge in [-0.2, -0.15) is 0 Å². The SMILES string of the molecule is CCCC/C(=C/C(=O)O)C(=O)OCCOCCOC(=O)/C(=C\C(=O)O)CCCC. The molecule has 164 valence electrons. The van der Waals surface area contributed by atoms with Gasteiger partial charge < -0.3 is 24.4 Å². The number of esters is 2. The van der Waals surface area contributed by atoms with Crippen LogP contribution >= 0.6 is 0 Å². The first-order valence-electron chi connectivity index (χ1n) is 9.60. The predicted molar refractivity (Wildman–Crippen MR) is 103 cm³/mol. The van der Waals surface area contributed by atoms with Crippen molar-refractivity contribution in [3.05, 3.63) is 23.3 Å². The van der Waals surface area contributed by atoms with Gasteiger partial charge in [0.25, 0.3) is 0 Å². The summed E-state index contributed by atoms with van der Waals surface area (Å²) < 4.78 is 15.1. The summed E-state index contributed by atoms with van der Waals surface area (Å²) in [5.74, 6) is -3.81. The zero-order valence-corrected chi connectivity index (χ0v) is 17.0. The van der Waals surface area contributed by atoms with E-state index in [9.17, 15) is 19.2 Å². The van der Waals surface area contributed by atoms with Gasteiger partial charge in [0.15, 0.2) is 0 Å². The fourth-order valence-corrected chi connectivity index (χ4v) is 2.17. The Morgan fingerprint density at radius 1 is 0.690 bits per heavy atom. The quantitative estimate of drug-likeness (QED) is 0.222. The Labute approximate surface area is 170 Å². The van der Waals surface area contributed by atoms with E-state index in [1.54, 1.807) is 0 Å². The van der Waals surface area contributed by atoms with Crippen LogP contribution in [0.2, 0.25) is 0 Å². The summed E-state index contributed by atoms with van der Waals surface area (Å²) >= 11 is 0. The molecule has 0 saturated carbocycles. The van der Waals surface area contributed by atoms with Gasteiger partial charge in [-0.3, -0.25) is 0 Å².